The Morgan fingerprint density at radius 2 is 1.06 bits per heavy atom. The molecule has 0 bridgehead atoms. The molecule has 51 heavy (non-hydrogen) atoms. The van der Waals surface area contributed by atoms with Crippen molar-refractivity contribution >= 4 is 55.7 Å². The van der Waals surface area contributed by atoms with E-state index in [1.165, 1.54) is 55.4 Å². The standard InChI is InChI=1S/C48H37FN2/c1-32-23-25-36(26-24-32)51(45-22-11-14-33-13-7-8-19-39(33)45)46-31-44-47(41-21-10-9-20-40(41)46)42-28-27-38(30-43(42)48(44,2)3)50(35-16-5-4-6-17-35)37-18-12-15-34(49)29-37/h4-31H,1-3H3. The van der Waals surface area contributed by atoms with Crippen LogP contribution in [0.2, 0.25) is 0 Å². The van der Waals surface area contributed by atoms with Crippen LogP contribution in [-0.4, -0.2) is 0 Å². The van der Waals surface area contributed by atoms with Gasteiger partial charge in [0.25, 0.3) is 0 Å². The molecule has 0 N–H and O–H groups in total. The van der Waals surface area contributed by atoms with Crippen molar-refractivity contribution in [1.82, 2.24) is 0 Å². The molecule has 1 aliphatic rings. The predicted octanol–water partition coefficient (Wildman–Crippen LogP) is 13.7. The maximum absolute atomic E-state index is 14.7. The van der Waals surface area contributed by atoms with E-state index in [-0.39, 0.29) is 11.2 Å². The van der Waals surface area contributed by atoms with E-state index in [1.54, 1.807) is 12.1 Å². The molecule has 246 valence electrons. The molecule has 0 amide bonds. The summed E-state index contributed by atoms with van der Waals surface area (Å²) in [5, 5.41) is 4.84. The van der Waals surface area contributed by atoms with Crippen LogP contribution in [0.15, 0.2) is 170 Å². The lowest BCUT2D eigenvalue weighted by Crippen LogP contribution is -2.18. The van der Waals surface area contributed by atoms with Gasteiger partial charge in [-0.2, -0.15) is 0 Å². The molecular formula is C48H37FN2. The van der Waals surface area contributed by atoms with Crippen LogP contribution in [0.4, 0.5) is 38.5 Å². The summed E-state index contributed by atoms with van der Waals surface area (Å²) in [5.41, 5.74) is 12.1. The molecule has 2 nitrogen and oxygen atoms in total. The fraction of sp³-hybridized carbons (Fsp3) is 0.0833. The third-order valence-electron chi connectivity index (χ3n) is 10.5. The molecule has 0 unspecified atom stereocenters. The van der Waals surface area contributed by atoms with Crippen LogP contribution in [0.3, 0.4) is 0 Å². The van der Waals surface area contributed by atoms with Gasteiger partial charge in [0.15, 0.2) is 0 Å². The number of hydrogen-bond acceptors (Lipinski definition) is 2. The number of anilines is 6. The van der Waals surface area contributed by atoms with Crippen LogP contribution in [0.5, 0.6) is 0 Å². The Morgan fingerprint density at radius 3 is 1.84 bits per heavy atom. The van der Waals surface area contributed by atoms with Gasteiger partial charge in [0.05, 0.1) is 11.4 Å². The number of rotatable bonds is 6. The summed E-state index contributed by atoms with van der Waals surface area (Å²) >= 11 is 0. The van der Waals surface area contributed by atoms with Crippen molar-refractivity contribution in [3.05, 3.63) is 192 Å². The average molecular weight is 661 g/mol. The molecule has 0 spiro atoms. The first-order valence-corrected chi connectivity index (χ1v) is 17.5. The first kappa shape index (κ1) is 30.8. The van der Waals surface area contributed by atoms with Crippen LogP contribution < -0.4 is 9.80 Å². The summed E-state index contributed by atoms with van der Waals surface area (Å²) in [6.45, 7) is 6.81. The summed E-state index contributed by atoms with van der Waals surface area (Å²) in [7, 11) is 0. The third-order valence-corrected chi connectivity index (χ3v) is 10.5. The van der Waals surface area contributed by atoms with Crippen molar-refractivity contribution in [2.24, 2.45) is 0 Å². The van der Waals surface area contributed by atoms with Gasteiger partial charge in [0.1, 0.15) is 5.82 Å². The van der Waals surface area contributed by atoms with Gasteiger partial charge in [-0.3, -0.25) is 0 Å². The maximum atomic E-state index is 14.7. The van der Waals surface area contributed by atoms with Crippen LogP contribution in [-0.2, 0) is 5.41 Å². The molecule has 8 aromatic carbocycles. The normalized spacial score (nSPS) is 12.9. The van der Waals surface area contributed by atoms with Crippen molar-refractivity contribution in [3.8, 4) is 11.1 Å². The van der Waals surface area contributed by atoms with Crippen molar-refractivity contribution in [3.63, 3.8) is 0 Å². The lowest BCUT2D eigenvalue weighted by Gasteiger charge is -2.31. The molecule has 0 aromatic heterocycles. The Bertz CT molecular complexity index is 2580. The SMILES string of the molecule is Cc1ccc(N(c2cccc3ccccc23)c2cc3c(c4ccccc24)-c2ccc(N(c4ccccc4)c4cccc(F)c4)cc2C3(C)C)cc1. The van der Waals surface area contributed by atoms with Gasteiger partial charge >= 0.3 is 0 Å². The van der Waals surface area contributed by atoms with E-state index < -0.39 is 0 Å². The summed E-state index contributed by atoms with van der Waals surface area (Å²) in [5.74, 6) is -0.259. The third kappa shape index (κ3) is 5.08. The summed E-state index contributed by atoms with van der Waals surface area (Å²) < 4.78 is 14.7. The second-order valence-corrected chi connectivity index (χ2v) is 14.0. The van der Waals surface area contributed by atoms with Crippen LogP contribution >= 0.6 is 0 Å². The lowest BCUT2D eigenvalue weighted by atomic mass is 9.81. The van der Waals surface area contributed by atoms with Gasteiger partial charge in [-0.05, 0) is 107 Å². The fourth-order valence-corrected chi connectivity index (χ4v) is 8.02. The monoisotopic (exact) mass is 660 g/mol. The molecule has 0 radical (unpaired) electrons. The van der Waals surface area contributed by atoms with Crippen LogP contribution in [0, 0.1) is 12.7 Å². The Balaban J connectivity index is 1.28. The molecule has 1 aliphatic carbocycles. The Labute approximate surface area is 298 Å². The zero-order chi connectivity index (χ0) is 34.7. The Morgan fingerprint density at radius 1 is 0.451 bits per heavy atom. The average Bonchev–Trinajstić information content (AvgIpc) is 3.38. The molecule has 0 fully saturated rings. The molecule has 0 aliphatic heterocycles. The van der Waals surface area contributed by atoms with Crippen molar-refractivity contribution in [2.45, 2.75) is 26.2 Å². The van der Waals surface area contributed by atoms with Gasteiger partial charge in [-0.1, -0.05) is 123 Å². The minimum Gasteiger partial charge on any atom is -0.310 e. The molecule has 0 heterocycles. The molecule has 9 rings (SSSR count). The van der Waals surface area contributed by atoms with E-state index in [2.05, 4.69) is 158 Å². The number of hydrogen-bond donors (Lipinski definition) is 0. The van der Waals surface area contributed by atoms with Crippen molar-refractivity contribution in [1.29, 1.82) is 0 Å². The van der Waals surface area contributed by atoms with E-state index >= 15 is 0 Å². The molecule has 0 saturated heterocycles. The summed E-state index contributed by atoms with van der Waals surface area (Å²) in [6, 6.07) is 59.2. The van der Waals surface area contributed by atoms with E-state index in [0.29, 0.717) is 0 Å². The summed E-state index contributed by atoms with van der Waals surface area (Å²) in [6.07, 6.45) is 0. The zero-order valence-corrected chi connectivity index (χ0v) is 28.9. The smallest absolute Gasteiger partial charge is 0.125 e. The molecule has 0 atom stereocenters. The van der Waals surface area contributed by atoms with E-state index in [4.69, 9.17) is 0 Å². The molecule has 0 saturated carbocycles. The number of para-hydroxylation sites is 1. The fourth-order valence-electron chi connectivity index (χ4n) is 8.02. The minimum atomic E-state index is -0.318. The van der Waals surface area contributed by atoms with Gasteiger partial charge in [-0.15, -0.1) is 0 Å². The highest BCUT2D eigenvalue weighted by molar-refractivity contribution is 6.11. The van der Waals surface area contributed by atoms with Gasteiger partial charge in [-0.25, -0.2) is 4.39 Å². The predicted molar refractivity (Wildman–Crippen MR) is 213 cm³/mol. The topological polar surface area (TPSA) is 6.48 Å². The quantitative estimate of drug-likeness (QED) is 0.175. The number of benzene rings is 8. The highest BCUT2D eigenvalue weighted by atomic mass is 19.1. The molecular weight excluding hydrogens is 624 g/mol. The first-order chi connectivity index (χ1) is 24.9. The number of fused-ring (bicyclic) bond motifs is 6. The largest absolute Gasteiger partial charge is 0.310 e. The maximum Gasteiger partial charge on any atom is 0.125 e. The molecule has 3 heteroatoms. The van der Waals surface area contributed by atoms with E-state index in [9.17, 15) is 4.39 Å². The second-order valence-electron chi connectivity index (χ2n) is 14.0. The first-order valence-electron chi connectivity index (χ1n) is 17.5. The number of halogens is 1. The van der Waals surface area contributed by atoms with Gasteiger partial charge in [0.2, 0.25) is 0 Å². The highest BCUT2D eigenvalue weighted by Gasteiger charge is 2.38. The minimum absolute atomic E-state index is 0.259. The summed E-state index contributed by atoms with van der Waals surface area (Å²) in [4.78, 5) is 4.58. The Hall–Kier alpha value is -6.19. The van der Waals surface area contributed by atoms with E-state index in [1.807, 2.05) is 24.3 Å². The van der Waals surface area contributed by atoms with Crippen molar-refractivity contribution < 1.29 is 4.39 Å². The van der Waals surface area contributed by atoms with E-state index in [0.717, 1.165) is 34.1 Å². The Kier molecular flexibility index (Phi) is 7.25. The number of aryl methyl sites for hydroxylation is 1. The van der Waals surface area contributed by atoms with Crippen LogP contribution in [0.1, 0.15) is 30.5 Å². The van der Waals surface area contributed by atoms with Crippen LogP contribution in [0.25, 0.3) is 32.7 Å². The highest BCUT2D eigenvalue weighted by Crippen LogP contribution is 2.56. The van der Waals surface area contributed by atoms with Crippen molar-refractivity contribution in [2.75, 3.05) is 9.80 Å². The molecule has 8 aromatic rings. The zero-order valence-electron chi connectivity index (χ0n) is 28.9. The van der Waals surface area contributed by atoms with Gasteiger partial charge < -0.3 is 9.80 Å². The number of nitrogens with zero attached hydrogens (tertiary/aromatic N) is 2. The van der Waals surface area contributed by atoms with Gasteiger partial charge in [0, 0.05) is 38.9 Å². The lowest BCUT2D eigenvalue weighted by molar-refractivity contribution is 0.628. The second kappa shape index (κ2) is 12.0.